The molecule has 0 amide bonds. The van der Waals surface area contributed by atoms with Crippen molar-refractivity contribution in [2.45, 2.75) is 51.6 Å². The molecular weight excluding hydrogens is 296 g/mol. The number of guanidine groups is 1. The molecule has 1 aliphatic carbocycles. The molecule has 24 heavy (non-hydrogen) atoms. The molecule has 1 saturated carbocycles. The van der Waals surface area contributed by atoms with Crippen LogP contribution >= 0.6 is 0 Å². The Hall–Kier alpha value is -1.55. The van der Waals surface area contributed by atoms with Gasteiger partial charge in [0.15, 0.2) is 5.96 Å². The molecule has 0 bridgehead atoms. The molecule has 0 atom stereocenters. The van der Waals surface area contributed by atoms with E-state index in [1.165, 1.54) is 62.7 Å². The van der Waals surface area contributed by atoms with Crippen LogP contribution in [0.25, 0.3) is 0 Å². The second-order valence-corrected chi connectivity index (χ2v) is 7.21. The van der Waals surface area contributed by atoms with Gasteiger partial charge in [-0.3, -0.25) is 9.89 Å². The van der Waals surface area contributed by atoms with Crippen molar-refractivity contribution in [2.75, 3.05) is 26.7 Å². The highest BCUT2D eigenvalue weighted by Crippen LogP contribution is 2.27. The zero-order chi connectivity index (χ0) is 16.6. The van der Waals surface area contributed by atoms with Crippen molar-refractivity contribution < 1.29 is 0 Å². The third kappa shape index (κ3) is 5.52. The molecule has 4 nitrogen and oxygen atoms in total. The fourth-order valence-electron chi connectivity index (χ4n) is 3.38. The van der Waals surface area contributed by atoms with Crippen molar-refractivity contribution in [1.29, 1.82) is 0 Å². The van der Waals surface area contributed by atoms with E-state index in [0.717, 1.165) is 31.5 Å². The summed E-state index contributed by atoms with van der Waals surface area (Å²) in [5.41, 5.74) is 2.83. The fourth-order valence-corrected chi connectivity index (χ4v) is 3.38. The highest BCUT2D eigenvalue weighted by molar-refractivity contribution is 5.79. The molecule has 1 saturated heterocycles. The molecule has 1 aromatic rings. The topological polar surface area (TPSA) is 39.7 Å². The van der Waals surface area contributed by atoms with E-state index in [1.807, 2.05) is 7.05 Å². The monoisotopic (exact) mass is 328 g/mol. The van der Waals surface area contributed by atoms with Gasteiger partial charge in [-0.25, -0.2) is 0 Å². The number of likely N-dealkylation sites (tertiary alicyclic amines) is 1. The van der Waals surface area contributed by atoms with E-state index >= 15 is 0 Å². The van der Waals surface area contributed by atoms with E-state index < -0.39 is 0 Å². The Morgan fingerprint density at radius 3 is 2.42 bits per heavy atom. The van der Waals surface area contributed by atoms with E-state index in [4.69, 9.17) is 0 Å². The van der Waals surface area contributed by atoms with Crippen LogP contribution in [0.15, 0.2) is 29.3 Å². The van der Waals surface area contributed by atoms with Gasteiger partial charge in [0.25, 0.3) is 0 Å². The third-order valence-electron chi connectivity index (χ3n) is 5.14. The summed E-state index contributed by atoms with van der Waals surface area (Å²) >= 11 is 0. The van der Waals surface area contributed by atoms with E-state index in [1.54, 1.807) is 0 Å². The lowest BCUT2D eigenvalue weighted by Gasteiger charge is -2.22. The number of nitrogens with one attached hydrogen (secondary N) is 2. The van der Waals surface area contributed by atoms with Gasteiger partial charge in [0.2, 0.25) is 0 Å². The Morgan fingerprint density at radius 1 is 1.04 bits per heavy atom. The number of benzene rings is 1. The Labute approximate surface area is 146 Å². The van der Waals surface area contributed by atoms with Gasteiger partial charge in [-0.05, 0) is 55.8 Å². The van der Waals surface area contributed by atoms with Gasteiger partial charge in [-0.15, -0.1) is 0 Å². The zero-order valence-corrected chi connectivity index (χ0v) is 15.1. The molecule has 4 heteroatoms. The lowest BCUT2D eigenvalue weighted by atomic mass is 10.1. The summed E-state index contributed by atoms with van der Waals surface area (Å²) in [7, 11) is 1.85. The van der Waals surface area contributed by atoms with Gasteiger partial charge in [-0.1, -0.05) is 37.1 Å². The van der Waals surface area contributed by atoms with Crippen LogP contribution in [0.4, 0.5) is 0 Å². The number of hydrogen-bond acceptors (Lipinski definition) is 2. The summed E-state index contributed by atoms with van der Waals surface area (Å²) < 4.78 is 0. The van der Waals surface area contributed by atoms with Gasteiger partial charge in [-0.2, -0.15) is 0 Å². The fraction of sp³-hybridized carbons (Fsp3) is 0.650. The predicted molar refractivity (Wildman–Crippen MR) is 101 cm³/mol. The quantitative estimate of drug-likeness (QED) is 0.622. The molecule has 132 valence electrons. The number of nitrogens with zero attached hydrogens (tertiary/aromatic N) is 2. The van der Waals surface area contributed by atoms with E-state index in [2.05, 4.69) is 44.8 Å². The van der Waals surface area contributed by atoms with Crippen LogP contribution in [0.2, 0.25) is 0 Å². The Balaban J connectivity index is 1.54. The summed E-state index contributed by atoms with van der Waals surface area (Å²) in [5.74, 6) is 1.78. The average molecular weight is 329 g/mol. The molecular formula is C20H32N4. The van der Waals surface area contributed by atoms with Crippen LogP contribution in [0.1, 0.15) is 49.7 Å². The molecule has 0 spiro atoms. The van der Waals surface area contributed by atoms with Crippen molar-refractivity contribution >= 4 is 5.96 Å². The standard InChI is InChI=1S/C20H32N4/c1-21-20(22-14-17-10-11-17)23-15-18-8-4-5-9-19(18)16-24-12-6-2-3-7-13-24/h4-5,8-9,17H,2-3,6-7,10-16H2,1H3,(H2,21,22,23). The first-order valence-corrected chi connectivity index (χ1v) is 9.59. The van der Waals surface area contributed by atoms with Crippen LogP contribution in [-0.2, 0) is 13.1 Å². The average Bonchev–Trinajstić information content (AvgIpc) is 3.44. The van der Waals surface area contributed by atoms with Crippen molar-refractivity contribution in [1.82, 2.24) is 15.5 Å². The summed E-state index contributed by atoms with van der Waals surface area (Å²) in [6.45, 7) is 5.45. The van der Waals surface area contributed by atoms with Gasteiger partial charge < -0.3 is 10.6 Å². The van der Waals surface area contributed by atoms with Crippen molar-refractivity contribution in [3.05, 3.63) is 35.4 Å². The van der Waals surface area contributed by atoms with Crippen molar-refractivity contribution in [3.63, 3.8) is 0 Å². The normalized spacial score (nSPS) is 19.8. The zero-order valence-electron chi connectivity index (χ0n) is 15.1. The van der Waals surface area contributed by atoms with Gasteiger partial charge in [0, 0.05) is 26.7 Å². The van der Waals surface area contributed by atoms with Gasteiger partial charge in [0.05, 0.1) is 0 Å². The van der Waals surface area contributed by atoms with Crippen molar-refractivity contribution in [2.24, 2.45) is 10.9 Å². The SMILES string of the molecule is CN=C(NCc1ccccc1CN1CCCCCC1)NCC1CC1. The molecule has 0 aromatic heterocycles. The highest BCUT2D eigenvalue weighted by atomic mass is 15.2. The van der Waals surface area contributed by atoms with Crippen molar-refractivity contribution in [3.8, 4) is 0 Å². The number of aliphatic imine (C=N–C) groups is 1. The smallest absolute Gasteiger partial charge is 0.191 e. The molecule has 0 radical (unpaired) electrons. The number of rotatable bonds is 6. The van der Waals surface area contributed by atoms with Gasteiger partial charge >= 0.3 is 0 Å². The summed E-state index contributed by atoms with van der Waals surface area (Å²) in [6, 6.07) is 8.83. The highest BCUT2D eigenvalue weighted by Gasteiger charge is 2.21. The van der Waals surface area contributed by atoms with E-state index in [-0.39, 0.29) is 0 Å². The maximum absolute atomic E-state index is 4.34. The van der Waals surface area contributed by atoms with Crippen LogP contribution in [0, 0.1) is 5.92 Å². The molecule has 3 rings (SSSR count). The minimum absolute atomic E-state index is 0.842. The first-order chi connectivity index (χ1) is 11.8. The maximum Gasteiger partial charge on any atom is 0.191 e. The molecule has 2 N–H and O–H groups in total. The third-order valence-corrected chi connectivity index (χ3v) is 5.14. The minimum Gasteiger partial charge on any atom is -0.356 e. The molecule has 1 aromatic carbocycles. The van der Waals surface area contributed by atoms with Crippen LogP contribution in [-0.4, -0.2) is 37.5 Å². The van der Waals surface area contributed by atoms with Crippen LogP contribution in [0.3, 0.4) is 0 Å². The summed E-state index contributed by atoms with van der Waals surface area (Å²) in [6.07, 6.45) is 8.20. The Morgan fingerprint density at radius 2 is 1.75 bits per heavy atom. The molecule has 1 heterocycles. The largest absolute Gasteiger partial charge is 0.356 e. The minimum atomic E-state index is 0.842. The van der Waals surface area contributed by atoms with E-state index in [9.17, 15) is 0 Å². The summed E-state index contributed by atoms with van der Waals surface area (Å²) in [5, 5.41) is 6.92. The van der Waals surface area contributed by atoms with E-state index in [0.29, 0.717) is 0 Å². The molecule has 0 unspecified atom stereocenters. The van der Waals surface area contributed by atoms with Gasteiger partial charge in [0.1, 0.15) is 0 Å². The number of hydrogen-bond donors (Lipinski definition) is 2. The Bertz CT molecular complexity index is 528. The van der Waals surface area contributed by atoms with Crippen LogP contribution < -0.4 is 10.6 Å². The lowest BCUT2D eigenvalue weighted by Crippen LogP contribution is -2.38. The maximum atomic E-state index is 4.34. The summed E-state index contributed by atoms with van der Waals surface area (Å²) in [4.78, 5) is 6.96. The van der Waals surface area contributed by atoms with Crippen LogP contribution in [0.5, 0.6) is 0 Å². The molecule has 2 fully saturated rings. The first-order valence-electron chi connectivity index (χ1n) is 9.59. The lowest BCUT2D eigenvalue weighted by molar-refractivity contribution is 0.276. The molecule has 1 aliphatic heterocycles. The predicted octanol–water partition coefficient (Wildman–Crippen LogP) is 3.14. The second kappa shape index (κ2) is 9.07. The molecule has 2 aliphatic rings. The second-order valence-electron chi connectivity index (χ2n) is 7.21. The first kappa shape index (κ1) is 17.3. The Kier molecular flexibility index (Phi) is 6.53.